The predicted molar refractivity (Wildman–Crippen MR) is 62.4 cm³/mol. The van der Waals surface area contributed by atoms with E-state index in [0.29, 0.717) is 25.2 Å². The topological polar surface area (TPSA) is 87.4 Å². The summed E-state index contributed by atoms with van der Waals surface area (Å²) in [5.74, 6) is -0.0978. The summed E-state index contributed by atoms with van der Waals surface area (Å²) >= 11 is 0. The SMILES string of the molecule is NCCNCCNC(=O)c1cccc(O)c1. The van der Waals surface area contributed by atoms with Crippen LogP contribution in [0.4, 0.5) is 0 Å². The van der Waals surface area contributed by atoms with E-state index in [-0.39, 0.29) is 11.7 Å². The molecule has 1 aromatic carbocycles. The molecule has 0 spiro atoms. The van der Waals surface area contributed by atoms with Crippen LogP contribution in [0, 0.1) is 0 Å². The van der Waals surface area contributed by atoms with Crippen molar-refractivity contribution in [3.05, 3.63) is 29.8 Å². The van der Waals surface area contributed by atoms with Gasteiger partial charge in [-0.3, -0.25) is 4.79 Å². The highest BCUT2D eigenvalue weighted by Gasteiger charge is 2.04. The van der Waals surface area contributed by atoms with Crippen LogP contribution in [0.5, 0.6) is 5.75 Å². The number of carbonyl (C=O) groups is 1. The van der Waals surface area contributed by atoms with Gasteiger partial charge >= 0.3 is 0 Å². The number of hydrogen-bond acceptors (Lipinski definition) is 4. The van der Waals surface area contributed by atoms with Gasteiger partial charge in [-0.1, -0.05) is 6.07 Å². The number of phenols is 1. The predicted octanol–water partition coefficient (Wildman–Crippen LogP) is -0.330. The van der Waals surface area contributed by atoms with Crippen LogP contribution in [-0.4, -0.2) is 37.2 Å². The number of rotatable bonds is 6. The van der Waals surface area contributed by atoms with Gasteiger partial charge in [-0.2, -0.15) is 0 Å². The maximum atomic E-state index is 11.6. The van der Waals surface area contributed by atoms with Gasteiger partial charge in [0, 0.05) is 31.7 Å². The zero-order valence-corrected chi connectivity index (χ0v) is 9.07. The van der Waals surface area contributed by atoms with Crippen LogP contribution in [0.1, 0.15) is 10.4 Å². The summed E-state index contributed by atoms with van der Waals surface area (Å²) < 4.78 is 0. The average molecular weight is 223 g/mol. The summed E-state index contributed by atoms with van der Waals surface area (Å²) in [6.45, 7) is 2.54. The van der Waals surface area contributed by atoms with Crippen molar-refractivity contribution in [2.45, 2.75) is 0 Å². The Labute approximate surface area is 94.7 Å². The molecule has 0 aliphatic heterocycles. The second kappa shape index (κ2) is 6.81. The van der Waals surface area contributed by atoms with E-state index >= 15 is 0 Å². The summed E-state index contributed by atoms with van der Waals surface area (Å²) in [7, 11) is 0. The molecular weight excluding hydrogens is 206 g/mol. The fourth-order valence-corrected chi connectivity index (χ4v) is 1.24. The lowest BCUT2D eigenvalue weighted by Crippen LogP contribution is -2.33. The standard InChI is InChI=1S/C11H17N3O2/c12-4-5-13-6-7-14-11(16)9-2-1-3-10(15)8-9/h1-3,8,13,15H,4-7,12H2,(H,14,16). The number of nitrogens with two attached hydrogens (primary N) is 1. The van der Waals surface area contributed by atoms with E-state index in [0.717, 1.165) is 6.54 Å². The molecule has 1 aromatic rings. The van der Waals surface area contributed by atoms with E-state index in [9.17, 15) is 9.90 Å². The first-order valence-electron chi connectivity index (χ1n) is 5.22. The van der Waals surface area contributed by atoms with Gasteiger partial charge in [-0.15, -0.1) is 0 Å². The molecule has 0 radical (unpaired) electrons. The Balaban J connectivity index is 2.30. The number of carbonyl (C=O) groups excluding carboxylic acids is 1. The zero-order chi connectivity index (χ0) is 11.8. The number of nitrogens with one attached hydrogen (secondary N) is 2. The molecule has 5 nitrogen and oxygen atoms in total. The van der Waals surface area contributed by atoms with E-state index in [1.807, 2.05) is 0 Å². The molecule has 0 bridgehead atoms. The van der Waals surface area contributed by atoms with Crippen molar-refractivity contribution in [3.63, 3.8) is 0 Å². The highest BCUT2D eigenvalue weighted by atomic mass is 16.3. The van der Waals surface area contributed by atoms with Crippen LogP contribution in [0.15, 0.2) is 24.3 Å². The Morgan fingerprint density at radius 1 is 1.31 bits per heavy atom. The van der Waals surface area contributed by atoms with Crippen LogP contribution >= 0.6 is 0 Å². The third kappa shape index (κ3) is 4.29. The average Bonchev–Trinajstić information content (AvgIpc) is 2.28. The maximum Gasteiger partial charge on any atom is 0.251 e. The summed E-state index contributed by atoms with van der Waals surface area (Å²) in [4.78, 5) is 11.6. The van der Waals surface area contributed by atoms with Crippen LogP contribution in [0.25, 0.3) is 0 Å². The van der Waals surface area contributed by atoms with E-state index in [4.69, 9.17) is 5.73 Å². The first-order chi connectivity index (χ1) is 7.74. The van der Waals surface area contributed by atoms with E-state index < -0.39 is 0 Å². The van der Waals surface area contributed by atoms with Crippen molar-refractivity contribution in [3.8, 4) is 5.75 Å². The van der Waals surface area contributed by atoms with Gasteiger partial charge in [-0.25, -0.2) is 0 Å². The van der Waals surface area contributed by atoms with E-state index in [1.54, 1.807) is 12.1 Å². The van der Waals surface area contributed by atoms with Crippen LogP contribution in [-0.2, 0) is 0 Å². The third-order valence-electron chi connectivity index (χ3n) is 2.02. The molecule has 0 fully saturated rings. The number of hydrogen-bond donors (Lipinski definition) is 4. The summed E-state index contributed by atoms with van der Waals surface area (Å²) in [5, 5.41) is 15.0. The summed E-state index contributed by atoms with van der Waals surface area (Å²) in [6, 6.07) is 6.25. The van der Waals surface area contributed by atoms with Gasteiger partial charge in [-0.05, 0) is 18.2 Å². The molecule has 16 heavy (non-hydrogen) atoms. The van der Waals surface area contributed by atoms with Crippen molar-refractivity contribution >= 4 is 5.91 Å². The first-order valence-corrected chi connectivity index (χ1v) is 5.22. The molecular formula is C11H17N3O2. The van der Waals surface area contributed by atoms with E-state index in [2.05, 4.69) is 10.6 Å². The van der Waals surface area contributed by atoms with Gasteiger partial charge in [0.25, 0.3) is 5.91 Å². The minimum Gasteiger partial charge on any atom is -0.508 e. The molecule has 5 heteroatoms. The molecule has 88 valence electrons. The van der Waals surface area contributed by atoms with Gasteiger partial charge in [0.05, 0.1) is 0 Å². The minimum absolute atomic E-state index is 0.0916. The van der Waals surface area contributed by atoms with Gasteiger partial charge in [0.1, 0.15) is 5.75 Å². The Bertz CT molecular complexity index is 342. The molecule has 0 unspecified atom stereocenters. The monoisotopic (exact) mass is 223 g/mol. The van der Waals surface area contributed by atoms with Crippen molar-refractivity contribution < 1.29 is 9.90 Å². The van der Waals surface area contributed by atoms with Crippen molar-refractivity contribution in [1.82, 2.24) is 10.6 Å². The molecule has 0 aliphatic carbocycles. The Morgan fingerprint density at radius 3 is 2.81 bits per heavy atom. The molecule has 0 aromatic heterocycles. The van der Waals surface area contributed by atoms with Crippen LogP contribution in [0.3, 0.4) is 0 Å². The van der Waals surface area contributed by atoms with Gasteiger partial charge in [0.15, 0.2) is 0 Å². The lowest BCUT2D eigenvalue weighted by Gasteiger charge is -2.06. The molecule has 0 atom stereocenters. The zero-order valence-electron chi connectivity index (χ0n) is 9.07. The number of phenolic OH excluding ortho intramolecular Hbond substituents is 1. The van der Waals surface area contributed by atoms with Crippen molar-refractivity contribution in [2.24, 2.45) is 5.73 Å². The van der Waals surface area contributed by atoms with Crippen molar-refractivity contribution in [1.29, 1.82) is 0 Å². The number of amides is 1. The van der Waals surface area contributed by atoms with Crippen LogP contribution in [0.2, 0.25) is 0 Å². The third-order valence-corrected chi connectivity index (χ3v) is 2.02. The second-order valence-corrected chi connectivity index (χ2v) is 3.34. The highest BCUT2D eigenvalue weighted by Crippen LogP contribution is 2.10. The first kappa shape index (κ1) is 12.5. The lowest BCUT2D eigenvalue weighted by molar-refractivity contribution is 0.0953. The number of aromatic hydroxyl groups is 1. The molecule has 0 saturated carbocycles. The Kier molecular flexibility index (Phi) is 5.31. The molecule has 1 amide bonds. The molecule has 0 saturated heterocycles. The summed E-state index contributed by atoms with van der Waals surface area (Å²) in [6.07, 6.45) is 0. The molecule has 0 aliphatic rings. The molecule has 5 N–H and O–H groups in total. The fraction of sp³-hybridized carbons (Fsp3) is 0.364. The highest BCUT2D eigenvalue weighted by molar-refractivity contribution is 5.94. The number of benzene rings is 1. The van der Waals surface area contributed by atoms with E-state index in [1.165, 1.54) is 12.1 Å². The van der Waals surface area contributed by atoms with Crippen molar-refractivity contribution in [2.75, 3.05) is 26.2 Å². The lowest BCUT2D eigenvalue weighted by atomic mass is 10.2. The van der Waals surface area contributed by atoms with Gasteiger partial charge in [0.2, 0.25) is 0 Å². The second-order valence-electron chi connectivity index (χ2n) is 3.34. The summed E-state index contributed by atoms with van der Waals surface area (Å²) in [5.41, 5.74) is 5.76. The molecule has 0 heterocycles. The Morgan fingerprint density at radius 2 is 2.12 bits per heavy atom. The quantitative estimate of drug-likeness (QED) is 0.497. The molecule has 1 rings (SSSR count). The van der Waals surface area contributed by atoms with Crippen LogP contribution < -0.4 is 16.4 Å². The smallest absolute Gasteiger partial charge is 0.251 e. The maximum absolute atomic E-state index is 11.6. The fourth-order valence-electron chi connectivity index (χ4n) is 1.24. The largest absolute Gasteiger partial charge is 0.508 e. The normalized spacial score (nSPS) is 10.1. The minimum atomic E-state index is -0.189. The van der Waals surface area contributed by atoms with Gasteiger partial charge < -0.3 is 21.5 Å². The Hall–Kier alpha value is -1.59.